The molecule has 0 fully saturated rings. The molecule has 0 radical (unpaired) electrons. The van der Waals surface area contributed by atoms with Crippen LogP contribution in [0.2, 0.25) is 0 Å². The highest BCUT2D eigenvalue weighted by molar-refractivity contribution is 7.13. The molecule has 0 N–H and O–H groups in total. The molecule has 106 valence electrons. The summed E-state index contributed by atoms with van der Waals surface area (Å²) in [5.74, 6) is -0.411. The maximum Gasteiger partial charge on any atom is 0.357 e. The average Bonchev–Trinajstić information content (AvgIpc) is 2.96. The highest BCUT2D eigenvalue weighted by Crippen LogP contribution is 2.26. The zero-order valence-electron chi connectivity index (χ0n) is 11.7. The van der Waals surface area contributed by atoms with Crippen LogP contribution in [0.25, 0.3) is 21.7 Å². The molecular weight excluding hydrogens is 286 g/mol. The van der Waals surface area contributed by atoms with Gasteiger partial charge in [0.1, 0.15) is 10.7 Å². The summed E-state index contributed by atoms with van der Waals surface area (Å²) in [7, 11) is 0. The van der Waals surface area contributed by atoms with Crippen molar-refractivity contribution in [3.63, 3.8) is 0 Å². The molecule has 0 aliphatic carbocycles. The lowest BCUT2D eigenvalue weighted by Gasteiger charge is -2.03. The lowest BCUT2D eigenvalue weighted by Crippen LogP contribution is -2.05. The summed E-state index contributed by atoms with van der Waals surface area (Å²) in [6.45, 7) is 3.99. The van der Waals surface area contributed by atoms with Crippen LogP contribution in [0.4, 0.5) is 0 Å². The number of fused-ring (bicyclic) bond motifs is 1. The number of carbonyl (C=O) groups excluding carboxylic acids is 1. The van der Waals surface area contributed by atoms with E-state index < -0.39 is 5.97 Å². The standard InChI is InChI=1S/C15H13N3O2S/c1-3-20-15(19)12-8-21-14(18-12)13-9(2)16-10-6-4-5-7-11(10)17-13/h4-8H,3H2,1-2H3. The lowest BCUT2D eigenvalue weighted by atomic mass is 10.2. The van der Waals surface area contributed by atoms with Gasteiger partial charge in [-0.1, -0.05) is 12.1 Å². The van der Waals surface area contributed by atoms with Gasteiger partial charge in [-0.3, -0.25) is 0 Å². The Morgan fingerprint density at radius 3 is 2.62 bits per heavy atom. The maximum atomic E-state index is 11.7. The van der Waals surface area contributed by atoms with E-state index in [1.165, 1.54) is 11.3 Å². The maximum absolute atomic E-state index is 11.7. The molecule has 2 aromatic heterocycles. The number of aryl methyl sites for hydroxylation is 1. The quantitative estimate of drug-likeness (QED) is 0.695. The second kappa shape index (κ2) is 5.57. The van der Waals surface area contributed by atoms with E-state index in [1.54, 1.807) is 12.3 Å². The first kappa shape index (κ1) is 13.6. The Morgan fingerprint density at radius 2 is 1.90 bits per heavy atom. The fourth-order valence-electron chi connectivity index (χ4n) is 1.97. The average molecular weight is 299 g/mol. The third kappa shape index (κ3) is 2.62. The molecule has 0 saturated carbocycles. The number of aromatic nitrogens is 3. The molecule has 5 nitrogen and oxygen atoms in total. The highest BCUT2D eigenvalue weighted by Gasteiger charge is 2.16. The normalized spacial score (nSPS) is 10.8. The van der Waals surface area contributed by atoms with Gasteiger partial charge in [-0.2, -0.15) is 0 Å². The summed E-state index contributed by atoms with van der Waals surface area (Å²) in [5.41, 5.74) is 3.46. The van der Waals surface area contributed by atoms with Crippen LogP contribution in [0.15, 0.2) is 29.6 Å². The zero-order chi connectivity index (χ0) is 14.8. The van der Waals surface area contributed by atoms with E-state index in [-0.39, 0.29) is 0 Å². The number of hydrogen-bond donors (Lipinski definition) is 0. The second-order valence-electron chi connectivity index (χ2n) is 4.40. The monoisotopic (exact) mass is 299 g/mol. The van der Waals surface area contributed by atoms with Gasteiger partial charge in [0.15, 0.2) is 5.69 Å². The SMILES string of the molecule is CCOC(=O)c1csc(-c2nc3ccccc3nc2C)n1. The van der Waals surface area contributed by atoms with Gasteiger partial charge in [-0.15, -0.1) is 11.3 Å². The van der Waals surface area contributed by atoms with Gasteiger partial charge in [-0.25, -0.2) is 19.7 Å². The Morgan fingerprint density at radius 1 is 1.19 bits per heavy atom. The Bertz CT molecular complexity index is 814. The molecule has 21 heavy (non-hydrogen) atoms. The van der Waals surface area contributed by atoms with Crippen molar-refractivity contribution in [3.05, 3.63) is 41.0 Å². The molecule has 0 aliphatic rings. The second-order valence-corrected chi connectivity index (χ2v) is 5.26. The lowest BCUT2D eigenvalue weighted by molar-refractivity contribution is 0.0520. The van der Waals surface area contributed by atoms with E-state index in [0.717, 1.165) is 16.7 Å². The fourth-order valence-corrected chi connectivity index (χ4v) is 2.80. The van der Waals surface area contributed by atoms with E-state index in [4.69, 9.17) is 4.74 Å². The fraction of sp³-hybridized carbons (Fsp3) is 0.200. The largest absolute Gasteiger partial charge is 0.461 e. The zero-order valence-corrected chi connectivity index (χ0v) is 12.5. The van der Waals surface area contributed by atoms with Gasteiger partial charge in [-0.05, 0) is 26.0 Å². The molecule has 0 bridgehead atoms. The van der Waals surface area contributed by atoms with Crippen molar-refractivity contribution >= 4 is 28.3 Å². The minimum atomic E-state index is -0.411. The number of nitrogens with zero attached hydrogens (tertiary/aromatic N) is 3. The molecule has 2 heterocycles. The molecule has 3 rings (SSSR count). The summed E-state index contributed by atoms with van der Waals surface area (Å²) >= 11 is 1.37. The van der Waals surface area contributed by atoms with Crippen LogP contribution in [0.5, 0.6) is 0 Å². The number of thiazole rings is 1. The summed E-state index contributed by atoms with van der Waals surface area (Å²) < 4.78 is 4.95. The first-order valence-electron chi connectivity index (χ1n) is 6.55. The summed E-state index contributed by atoms with van der Waals surface area (Å²) in [5, 5.41) is 2.36. The van der Waals surface area contributed by atoms with Crippen molar-refractivity contribution in [2.75, 3.05) is 6.61 Å². The number of rotatable bonds is 3. The Kier molecular flexibility index (Phi) is 3.62. The van der Waals surface area contributed by atoms with Crippen molar-refractivity contribution in [2.45, 2.75) is 13.8 Å². The van der Waals surface area contributed by atoms with Gasteiger partial charge in [0.05, 0.1) is 23.3 Å². The van der Waals surface area contributed by atoms with E-state index in [1.807, 2.05) is 31.2 Å². The first-order chi connectivity index (χ1) is 10.2. The third-order valence-corrected chi connectivity index (χ3v) is 3.79. The number of esters is 1. The molecule has 0 atom stereocenters. The van der Waals surface area contributed by atoms with Gasteiger partial charge >= 0.3 is 5.97 Å². The van der Waals surface area contributed by atoms with Gasteiger partial charge in [0.2, 0.25) is 0 Å². The highest BCUT2D eigenvalue weighted by atomic mass is 32.1. The number of benzene rings is 1. The Labute approximate surface area is 125 Å². The van der Waals surface area contributed by atoms with E-state index in [2.05, 4.69) is 15.0 Å². The van der Waals surface area contributed by atoms with E-state index >= 15 is 0 Å². The number of para-hydroxylation sites is 2. The predicted octanol–water partition coefficient (Wildman–Crippen LogP) is 3.24. The molecule has 6 heteroatoms. The minimum Gasteiger partial charge on any atom is -0.461 e. The summed E-state index contributed by atoms with van der Waals surface area (Å²) in [6.07, 6.45) is 0. The molecular formula is C15H13N3O2S. The van der Waals surface area contributed by atoms with Gasteiger partial charge < -0.3 is 4.74 Å². The van der Waals surface area contributed by atoms with Crippen LogP contribution in [-0.4, -0.2) is 27.5 Å². The summed E-state index contributed by atoms with van der Waals surface area (Å²) in [6, 6.07) is 7.68. The predicted molar refractivity (Wildman–Crippen MR) is 81.3 cm³/mol. The van der Waals surface area contributed by atoms with E-state index in [0.29, 0.717) is 23.0 Å². The molecule has 0 unspecified atom stereocenters. The van der Waals surface area contributed by atoms with Crippen LogP contribution < -0.4 is 0 Å². The Balaban J connectivity index is 2.04. The van der Waals surface area contributed by atoms with Crippen molar-refractivity contribution in [1.29, 1.82) is 0 Å². The molecule has 0 saturated heterocycles. The van der Waals surface area contributed by atoms with Gasteiger partial charge in [0, 0.05) is 5.38 Å². The van der Waals surface area contributed by atoms with Crippen LogP contribution in [-0.2, 0) is 4.74 Å². The van der Waals surface area contributed by atoms with Crippen LogP contribution >= 0.6 is 11.3 Å². The molecule has 3 aromatic rings. The van der Waals surface area contributed by atoms with Crippen molar-refractivity contribution in [3.8, 4) is 10.7 Å². The number of hydrogen-bond acceptors (Lipinski definition) is 6. The van der Waals surface area contributed by atoms with Crippen LogP contribution in [0.1, 0.15) is 23.1 Å². The molecule has 1 aromatic carbocycles. The smallest absolute Gasteiger partial charge is 0.357 e. The third-order valence-electron chi connectivity index (χ3n) is 2.94. The molecule has 0 aliphatic heterocycles. The topological polar surface area (TPSA) is 65.0 Å². The Hall–Kier alpha value is -2.34. The van der Waals surface area contributed by atoms with Crippen molar-refractivity contribution < 1.29 is 9.53 Å². The number of carbonyl (C=O) groups is 1. The van der Waals surface area contributed by atoms with Crippen molar-refractivity contribution in [2.24, 2.45) is 0 Å². The number of ether oxygens (including phenoxy) is 1. The summed E-state index contributed by atoms with van der Waals surface area (Å²) in [4.78, 5) is 25.1. The van der Waals surface area contributed by atoms with Crippen molar-refractivity contribution in [1.82, 2.24) is 15.0 Å². The van der Waals surface area contributed by atoms with Crippen LogP contribution in [0.3, 0.4) is 0 Å². The van der Waals surface area contributed by atoms with Gasteiger partial charge in [0.25, 0.3) is 0 Å². The molecule has 0 amide bonds. The van der Waals surface area contributed by atoms with Crippen LogP contribution in [0, 0.1) is 6.92 Å². The minimum absolute atomic E-state index is 0.311. The molecule has 0 spiro atoms. The first-order valence-corrected chi connectivity index (χ1v) is 7.43. The van der Waals surface area contributed by atoms with E-state index in [9.17, 15) is 4.79 Å².